The Kier molecular flexibility index (Phi) is 3.97. The van der Waals surface area contributed by atoms with E-state index < -0.39 is 21.1 Å². The maximum absolute atomic E-state index is 13.3. The highest BCUT2D eigenvalue weighted by Crippen LogP contribution is 2.32. The van der Waals surface area contributed by atoms with Crippen molar-refractivity contribution in [1.82, 2.24) is 0 Å². The van der Waals surface area contributed by atoms with Gasteiger partial charge in [-0.1, -0.05) is 6.42 Å². The lowest BCUT2D eigenvalue weighted by Gasteiger charge is -2.29. The molecule has 1 saturated heterocycles. The molecule has 0 bridgehead atoms. The molecular formula is C14H20FNO2S. The molecule has 2 atom stereocenters. The summed E-state index contributed by atoms with van der Waals surface area (Å²) in [6, 6.07) is 2.26. The third kappa shape index (κ3) is 2.82. The molecule has 3 nitrogen and oxygen atoms in total. The Morgan fingerprint density at radius 2 is 1.84 bits per heavy atom. The molecule has 1 fully saturated rings. The van der Waals surface area contributed by atoms with Crippen LogP contribution in [0.25, 0.3) is 0 Å². The van der Waals surface area contributed by atoms with Crippen LogP contribution in [0.4, 0.5) is 4.39 Å². The van der Waals surface area contributed by atoms with E-state index in [-0.39, 0.29) is 11.6 Å². The van der Waals surface area contributed by atoms with Crippen LogP contribution in [0.5, 0.6) is 0 Å². The summed E-state index contributed by atoms with van der Waals surface area (Å²) in [4.78, 5) is 0. The molecule has 2 N–H and O–H groups in total. The van der Waals surface area contributed by atoms with Crippen LogP contribution in [0.15, 0.2) is 12.1 Å². The molecule has 1 aromatic carbocycles. The zero-order valence-corrected chi connectivity index (χ0v) is 12.1. The van der Waals surface area contributed by atoms with Crippen molar-refractivity contribution in [3.8, 4) is 0 Å². The van der Waals surface area contributed by atoms with E-state index >= 15 is 0 Å². The molecule has 0 saturated carbocycles. The Hall–Kier alpha value is -0.940. The first-order valence-electron chi connectivity index (χ1n) is 6.56. The van der Waals surface area contributed by atoms with E-state index in [1.54, 1.807) is 13.8 Å². The molecule has 5 heteroatoms. The van der Waals surface area contributed by atoms with Gasteiger partial charge >= 0.3 is 0 Å². The third-order valence-corrected chi connectivity index (χ3v) is 6.23. The van der Waals surface area contributed by atoms with E-state index in [9.17, 15) is 12.8 Å². The maximum Gasteiger partial charge on any atom is 0.155 e. The van der Waals surface area contributed by atoms with Gasteiger partial charge in [-0.2, -0.15) is 0 Å². The monoisotopic (exact) mass is 285 g/mol. The summed E-state index contributed by atoms with van der Waals surface area (Å²) in [6.45, 7) is 3.56. The first kappa shape index (κ1) is 14.5. The molecule has 19 heavy (non-hydrogen) atoms. The summed E-state index contributed by atoms with van der Waals surface area (Å²) in [7, 11) is -3.13. The molecule has 1 aliphatic heterocycles. The van der Waals surface area contributed by atoms with Crippen molar-refractivity contribution in [2.75, 3.05) is 5.75 Å². The predicted molar refractivity (Wildman–Crippen MR) is 74.2 cm³/mol. The van der Waals surface area contributed by atoms with Gasteiger partial charge in [0, 0.05) is 6.04 Å². The quantitative estimate of drug-likeness (QED) is 0.907. The summed E-state index contributed by atoms with van der Waals surface area (Å²) < 4.78 is 37.6. The molecule has 0 aliphatic carbocycles. The van der Waals surface area contributed by atoms with Gasteiger partial charge in [-0.3, -0.25) is 0 Å². The van der Waals surface area contributed by atoms with Gasteiger partial charge in [0.1, 0.15) is 5.82 Å². The number of benzene rings is 1. The van der Waals surface area contributed by atoms with Crippen LogP contribution in [0.2, 0.25) is 0 Å². The van der Waals surface area contributed by atoms with Crippen LogP contribution < -0.4 is 5.73 Å². The zero-order valence-electron chi connectivity index (χ0n) is 11.3. The highest BCUT2D eigenvalue weighted by molar-refractivity contribution is 7.92. The fraction of sp³-hybridized carbons (Fsp3) is 0.571. The molecule has 1 heterocycles. The molecular weight excluding hydrogens is 265 g/mol. The number of halogens is 1. The summed E-state index contributed by atoms with van der Waals surface area (Å²) in [5.74, 6) is -0.0950. The summed E-state index contributed by atoms with van der Waals surface area (Å²) in [6.07, 6.45) is 2.20. The van der Waals surface area contributed by atoms with Crippen molar-refractivity contribution in [1.29, 1.82) is 0 Å². The minimum atomic E-state index is -3.13. The highest BCUT2D eigenvalue weighted by atomic mass is 32.2. The van der Waals surface area contributed by atoms with Crippen molar-refractivity contribution in [3.63, 3.8) is 0 Å². The molecule has 0 spiro atoms. The van der Waals surface area contributed by atoms with Gasteiger partial charge in [0.2, 0.25) is 0 Å². The van der Waals surface area contributed by atoms with Gasteiger partial charge in [-0.05, 0) is 55.5 Å². The van der Waals surface area contributed by atoms with Crippen molar-refractivity contribution < 1.29 is 12.8 Å². The molecule has 2 unspecified atom stereocenters. The SMILES string of the molecule is Cc1cc(F)cc(C)c1C(N)C1CCCCS1(=O)=O. The Morgan fingerprint density at radius 3 is 2.37 bits per heavy atom. The van der Waals surface area contributed by atoms with E-state index in [1.165, 1.54) is 12.1 Å². The normalized spacial score (nSPS) is 24.1. The van der Waals surface area contributed by atoms with E-state index in [0.29, 0.717) is 12.8 Å². The fourth-order valence-electron chi connectivity index (χ4n) is 3.02. The molecule has 0 aromatic heterocycles. The van der Waals surface area contributed by atoms with Crippen LogP contribution in [-0.4, -0.2) is 19.4 Å². The number of rotatable bonds is 2. The summed E-state index contributed by atoms with van der Waals surface area (Å²) in [5, 5.41) is -0.538. The number of nitrogens with two attached hydrogens (primary N) is 1. The largest absolute Gasteiger partial charge is 0.323 e. The molecule has 1 aliphatic rings. The van der Waals surface area contributed by atoms with Crippen molar-refractivity contribution in [2.24, 2.45) is 5.73 Å². The van der Waals surface area contributed by atoms with Gasteiger partial charge in [-0.15, -0.1) is 0 Å². The van der Waals surface area contributed by atoms with E-state index in [1.807, 2.05) is 0 Å². The van der Waals surface area contributed by atoms with Gasteiger partial charge in [0.05, 0.1) is 11.0 Å². The van der Waals surface area contributed by atoms with Crippen molar-refractivity contribution in [2.45, 2.75) is 44.4 Å². The predicted octanol–water partition coefficient (Wildman–Crippen LogP) is 2.41. The number of aryl methyl sites for hydroxylation is 2. The lowest BCUT2D eigenvalue weighted by molar-refractivity contribution is 0.502. The number of sulfone groups is 1. The van der Waals surface area contributed by atoms with E-state index in [0.717, 1.165) is 23.1 Å². The van der Waals surface area contributed by atoms with Crippen LogP contribution >= 0.6 is 0 Å². The first-order valence-corrected chi connectivity index (χ1v) is 8.28. The highest BCUT2D eigenvalue weighted by Gasteiger charge is 2.35. The van der Waals surface area contributed by atoms with Gasteiger partial charge < -0.3 is 5.73 Å². The molecule has 106 valence electrons. The molecule has 2 rings (SSSR count). The molecule has 0 radical (unpaired) electrons. The fourth-order valence-corrected chi connectivity index (χ4v) is 5.03. The topological polar surface area (TPSA) is 60.2 Å². The van der Waals surface area contributed by atoms with Gasteiger partial charge in [0.15, 0.2) is 9.84 Å². The molecule has 0 amide bonds. The maximum atomic E-state index is 13.3. The van der Waals surface area contributed by atoms with Crippen LogP contribution in [0.1, 0.15) is 42.0 Å². The van der Waals surface area contributed by atoms with E-state index in [2.05, 4.69) is 0 Å². The second kappa shape index (κ2) is 5.21. The minimum absolute atomic E-state index is 0.213. The minimum Gasteiger partial charge on any atom is -0.323 e. The summed E-state index contributed by atoms with van der Waals surface area (Å²) in [5.41, 5.74) is 8.43. The number of hydrogen-bond acceptors (Lipinski definition) is 3. The third-order valence-electron chi connectivity index (χ3n) is 3.92. The smallest absolute Gasteiger partial charge is 0.155 e. The Labute approximate surface area is 113 Å². The number of hydrogen-bond donors (Lipinski definition) is 1. The molecule has 1 aromatic rings. The van der Waals surface area contributed by atoms with Gasteiger partial charge in [0.25, 0.3) is 0 Å². The Bertz CT molecular complexity index is 560. The second-order valence-electron chi connectivity index (χ2n) is 5.38. The van der Waals surface area contributed by atoms with Crippen LogP contribution in [0, 0.1) is 19.7 Å². The van der Waals surface area contributed by atoms with Crippen LogP contribution in [-0.2, 0) is 9.84 Å². The van der Waals surface area contributed by atoms with Crippen molar-refractivity contribution in [3.05, 3.63) is 34.6 Å². The average molecular weight is 285 g/mol. The van der Waals surface area contributed by atoms with Crippen molar-refractivity contribution >= 4 is 9.84 Å². The van der Waals surface area contributed by atoms with Gasteiger partial charge in [-0.25, -0.2) is 12.8 Å². The van der Waals surface area contributed by atoms with Crippen LogP contribution in [0.3, 0.4) is 0 Å². The zero-order chi connectivity index (χ0) is 14.2. The lowest BCUT2D eigenvalue weighted by Crippen LogP contribution is -2.38. The average Bonchev–Trinajstić information content (AvgIpc) is 2.26. The summed E-state index contributed by atoms with van der Waals surface area (Å²) >= 11 is 0. The Morgan fingerprint density at radius 1 is 1.26 bits per heavy atom. The Balaban J connectivity index is 2.42. The lowest BCUT2D eigenvalue weighted by atomic mass is 9.92. The second-order valence-corrected chi connectivity index (χ2v) is 7.72. The van der Waals surface area contributed by atoms with E-state index in [4.69, 9.17) is 5.73 Å². The first-order chi connectivity index (χ1) is 8.83. The standard InChI is InChI=1S/C14H20FNO2S/c1-9-7-11(15)8-10(2)13(9)14(16)12-5-3-4-6-19(12,17)18/h7-8,12,14H,3-6,16H2,1-2H3.